The molecule has 10 nitrogen and oxygen atoms in total. The molecule has 0 bridgehead atoms. The molecular formula is C46H82O10Si. The fourth-order valence-electron chi connectivity index (χ4n) is 7.02. The van der Waals surface area contributed by atoms with E-state index in [2.05, 4.69) is 68.5 Å². The zero-order chi connectivity index (χ0) is 43.4. The standard InChI is InChI=1S/C46H82O10Si/c1-31(39(51-15)27-40(56-57(16,17)45(8,9)10)34(4)38(50-14)24-25-52-43(48)44(5,6)7)18-23-37(47)33(3)42(53-28-35-19-21-36(49-13)22-20-35)32(2)26-41-54-29-46(11,12)30-55-41/h19-22,31-34,38-42H,18,23-30H2,1-17H3/t31-,32+,33-,34+,38-,39-,40-,42+/m0/s1. The molecule has 1 saturated heterocycles. The van der Waals surface area contributed by atoms with Crippen molar-refractivity contribution in [3.8, 4) is 5.75 Å². The highest BCUT2D eigenvalue weighted by Gasteiger charge is 2.43. The SMILES string of the molecule is COc1ccc(CO[C@H]([C@H](C)CC2OCC(C)(C)CO2)[C@@H](C)C(=O)CC[C@H](C)[C@H](C[C@H](O[Si](C)(C)C(C)(C)C)[C@H](C)[C@H](CCOC(=O)C(C)(C)C)OC)OC)cc1. The Labute approximate surface area is 348 Å². The van der Waals surface area contributed by atoms with Crippen LogP contribution < -0.4 is 4.74 Å². The van der Waals surface area contributed by atoms with E-state index in [4.69, 9.17) is 37.6 Å². The van der Waals surface area contributed by atoms with E-state index in [0.717, 1.165) is 11.3 Å². The summed E-state index contributed by atoms with van der Waals surface area (Å²) in [6.07, 6.45) is 1.78. The molecular weight excluding hydrogens is 741 g/mol. The molecule has 0 aromatic heterocycles. The number of hydrogen-bond donors (Lipinski definition) is 0. The number of Topliss-reactive ketones (excluding diaryl/α,β-unsaturated/α-hetero) is 1. The first-order valence-electron chi connectivity index (χ1n) is 21.3. The molecule has 0 N–H and O–H groups in total. The molecule has 1 aliphatic rings. The quantitative estimate of drug-likeness (QED) is 0.0739. The van der Waals surface area contributed by atoms with E-state index in [0.29, 0.717) is 51.9 Å². The van der Waals surface area contributed by atoms with Gasteiger partial charge in [0, 0.05) is 50.7 Å². The summed E-state index contributed by atoms with van der Waals surface area (Å²) >= 11 is 0. The van der Waals surface area contributed by atoms with Crippen LogP contribution in [0, 0.1) is 34.5 Å². The zero-order valence-corrected chi connectivity index (χ0v) is 40.0. The number of carbonyl (C=O) groups excluding carboxylic acids is 2. The number of ether oxygens (including phenoxy) is 7. The molecule has 0 unspecified atom stereocenters. The van der Waals surface area contributed by atoms with E-state index in [1.165, 1.54) is 0 Å². The van der Waals surface area contributed by atoms with Crippen LogP contribution in [0.1, 0.15) is 121 Å². The second-order valence-electron chi connectivity index (χ2n) is 20.1. The Balaban J connectivity index is 2.20. The first-order chi connectivity index (χ1) is 26.3. The number of rotatable bonds is 24. The molecule has 1 aliphatic heterocycles. The Bertz CT molecular complexity index is 1320. The van der Waals surface area contributed by atoms with Crippen molar-refractivity contribution in [2.24, 2.45) is 34.5 Å². The van der Waals surface area contributed by atoms with Crippen LogP contribution >= 0.6 is 0 Å². The van der Waals surface area contributed by atoms with E-state index >= 15 is 0 Å². The lowest BCUT2D eigenvalue weighted by atomic mass is 9.83. The Hall–Kier alpha value is -1.86. The predicted octanol–water partition coefficient (Wildman–Crippen LogP) is 10.1. The fraction of sp³-hybridized carbons (Fsp3) is 0.826. The van der Waals surface area contributed by atoms with E-state index in [1.807, 2.05) is 52.0 Å². The average Bonchev–Trinajstić information content (AvgIpc) is 3.13. The highest BCUT2D eigenvalue weighted by atomic mass is 28.4. The van der Waals surface area contributed by atoms with Gasteiger partial charge in [0.2, 0.25) is 0 Å². The molecule has 330 valence electrons. The van der Waals surface area contributed by atoms with E-state index in [9.17, 15) is 9.59 Å². The number of benzene rings is 1. The largest absolute Gasteiger partial charge is 0.497 e. The van der Waals surface area contributed by atoms with Crippen molar-refractivity contribution in [1.82, 2.24) is 0 Å². The van der Waals surface area contributed by atoms with Crippen molar-refractivity contribution in [3.05, 3.63) is 29.8 Å². The summed E-state index contributed by atoms with van der Waals surface area (Å²) in [5, 5.41) is 0.00146. The molecule has 11 heteroatoms. The highest BCUT2D eigenvalue weighted by molar-refractivity contribution is 6.74. The lowest BCUT2D eigenvalue weighted by molar-refractivity contribution is -0.231. The van der Waals surface area contributed by atoms with Crippen LogP contribution in [-0.4, -0.2) is 91.9 Å². The fourth-order valence-corrected chi connectivity index (χ4v) is 8.44. The van der Waals surface area contributed by atoms with Gasteiger partial charge in [-0.2, -0.15) is 0 Å². The second kappa shape index (κ2) is 22.7. The first-order valence-corrected chi connectivity index (χ1v) is 24.2. The Morgan fingerprint density at radius 2 is 1.42 bits per heavy atom. The molecule has 1 fully saturated rings. The normalized spacial score (nSPS) is 19.8. The van der Waals surface area contributed by atoms with Crippen molar-refractivity contribution in [1.29, 1.82) is 0 Å². The number of methoxy groups -OCH3 is 3. The Morgan fingerprint density at radius 1 is 0.842 bits per heavy atom. The third-order valence-corrected chi connectivity index (χ3v) is 16.8. The molecule has 1 aromatic carbocycles. The molecule has 0 amide bonds. The summed E-state index contributed by atoms with van der Waals surface area (Å²) in [6.45, 7) is 31.5. The average molecular weight is 823 g/mol. The number of ketones is 1. The van der Waals surface area contributed by atoms with Crippen molar-refractivity contribution in [3.63, 3.8) is 0 Å². The maximum absolute atomic E-state index is 14.1. The van der Waals surface area contributed by atoms with E-state index in [-0.39, 0.29) is 83.2 Å². The van der Waals surface area contributed by atoms with Gasteiger partial charge in [-0.3, -0.25) is 9.59 Å². The third kappa shape index (κ3) is 16.6. The van der Waals surface area contributed by atoms with Crippen LogP contribution in [-0.2, 0) is 49.0 Å². The molecule has 57 heavy (non-hydrogen) atoms. The first kappa shape index (κ1) is 51.3. The smallest absolute Gasteiger partial charge is 0.311 e. The van der Waals surface area contributed by atoms with Crippen molar-refractivity contribution in [2.45, 2.75) is 171 Å². The highest BCUT2D eigenvalue weighted by Crippen LogP contribution is 2.40. The van der Waals surface area contributed by atoms with Crippen molar-refractivity contribution < 1.29 is 47.2 Å². The molecule has 0 aliphatic carbocycles. The van der Waals surface area contributed by atoms with E-state index < -0.39 is 13.7 Å². The van der Waals surface area contributed by atoms with Crippen molar-refractivity contribution in [2.75, 3.05) is 41.2 Å². The van der Waals surface area contributed by atoms with Crippen LogP contribution in [0.5, 0.6) is 5.75 Å². The molecule has 0 radical (unpaired) electrons. The summed E-state index contributed by atoms with van der Waals surface area (Å²) in [5.41, 5.74) is 0.428. The topological polar surface area (TPSA) is 108 Å². The van der Waals surface area contributed by atoms with Crippen LogP contribution in [0.15, 0.2) is 24.3 Å². The van der Waals surface area contributed by atoms with Crippen LogP contribution in [0.4, 0.5) is 0 Å². The zero-order valence-electron chi connectivity index (χ0n) is 39.0. The van der Waals surface area contributed by atoms with E-state index in [1.54, 1.807) is 21.3 Å². The molecule has 1 aromatic rings. The second-order valence-corrected chi connectivity index (χ2v) is 24.8. The van der Waals surface area contributed by atoms with Gasteiger partial charge in [-0.05, 0) is 81.3 Å². The maximum Gasteiger partial charge on any atom is 0.311 e. The minimum atomic E-state index is -2.20. The Morgan fingerprint density at radius 3 is 1.93 bits per heavy atom. The summed E-state index contributed by atoms with van der Waals surface area (Å²) in [4.78, 5) is 26.6. The van der Waals surface area contributed by atoms with Crippen LogP contribution in [0.3, 0.4) is 0 Å². The van der Waals surface area contributed by atoms with Gasteiger partial charge >= 0.3 is 5.97 Å². The monoisotopic (exact) mass is 823 g/mol. The van der Waals surface area contributed by atoms with Gasteiger partial charge in [0.15, 0.2) is 14.6 Å². The van der Waals surface area contributed by atoms with Gasteiger partial charge in [0.25, 0.3) is 0 Å². The lowest BCUT2D eigenvalue weighted by Gasteiger charge is -2.43. The molecule has 1 heterocycles. The van der Waals surface area contributed by atoms with Gasteiger partial charge in [0.1, 0.15) is 11.5 Å². The predicted molar refractivity (Wildman–Crippen MR) is 230 cm³/mol. The van der Waals surface area contributed by atoms with Crippen molar-refractivity contribution >= 4 is 20.1 Å². The summed E-state index contributed by atoms with van der Waals surface area (Å²) in [6, 6.07) is 7.84. The molecule has 0 saturated carbocycles. The molecule has 8 atom stereocenters. The molecule has 2 rings (SSSR count). The summed E-state index contributed by atoms with van der Waals surface area (Å²) in [7, 11) is 2.91. The van der Waals surface area contributed by atoms with Gasteiger partial charge in [0.05, 0.1) is 63.4 Å². The van der Waals surface area contributed by atoms with Gasteiger partial charge < -0.3 is 37.6 Å². The molecule has 0 spiro atoms. The lowest BCUT2D eigenvalue weighted by Crippen LogP contribution is -2.49. The minimum absolute atomic E-state index is 0.00146. The van der Waals surface area contributed by atoms with Crippen LogP contribution in [0.25, 0.3) is 0 Å². The van der Waals surface area contributed by atoms with Gasteiger partial charge in [-0.15, -0.1) is 0 Å². The number of esters is 1. The van der Waals surface area contributed by atoms with Crippen LogP contribution in [0.2, 0.25) is 18.1 Å². The van der Waals surface area contributed by atoms with Gasteiger partial charge in [-0.25, -0.2) is 0 Å². The van der Waals surface area contributed by atoms with Gasteiger partial charge in [-0.1, -0.05) is 74.4 Å². The third-order valence-electron chi connectivity index (χ3n) is 12.3. The Kier molecular flexibility index (Phi) is 20.4. The minimum Gasteiger partial charge on any atom is -0.497 e. The maximum atomic E-state index is 14.1. The summed E-state index contributed by atoms with van der Waals surface area (Å²) in [5.74, 6) is 0.487. The number of carbonyl (C=O) groups is 2. The number of hydrogen-bond acceptors (Lipinski definition) is 10. The summed E-state index contributed by atoms with van der Waals surface area (Å²) < 4.78 is 49.1.